The summed E-state index contributed by atoms with van der Waals surface area (Å²) in [6, 6.07) is 0. The number of hydrogen-bond acceptors (Lipinski definition) is 4. The molecule has 0 aliphatic carbocycles. The van der Waals surface area contributed by atoms with Crippen molar-refractivity contribution < 1.29 is 4.74 Å². The van der Waals surface area contributed by atoms with Gasteiger partial charge in [-0.05, 0) is 31.7 Å². The maximum Gasteiger partial charge on any atom is 0.0935 e. The molecule has 0 spiro atoms. The molecule has 0 fully saturated rings. The largest absolute Gasteiger partial charge is 0.381 e. The zero-order chi connectivity index (χ0) is 14.2. The van der Waals surface area contributed by atoms with E-state index < -0.39 is 0 Å². The first kappa shape index (κ1) is 18.5. The fourth-order valence-corrected chi connectivity index (χ4v) is 2.12. The van der Waals surface area contributed by atoms with Crippen LogP contribution in [-0.4, -0.2) is 32.8 Å². The molecule has 0 rings (SSSR count). The molecule has 19 heavy (non-hydrogen) atoms. The zero-order valence-corrected chi connectivity index (χ0v) is 12.8. The van der Waals surface area contributed by atoms with Gasteiger partial charge in [0.15, 0.2) is 0 Å². The summed E-state index contributed by atoms with van der Waals surface area (Å²) in [5.41, 5.74) is 0. The number of nitrogens with zero attached hydrogens (tertiary/aromatic N) is 1. The minimum Gasteiger partial charge on any atom is -0.381 e. The van der Waals surface area contributed by atoms with Crippen molar-refractivity contribution in [2.24, 2.45) is 11.1 Å². The number of ether oxygens (including phenoxy) is 1. The van der Waals surface area contributed by atoms with Gasteiger partial charge in [0.1, 0.15) is 0 Å². The summed E-state index contributed by atoms with van der Waals surface area (Å²) in [5, 5.41) is 6.01. The van der Waals surface area contributed by atoms with E-state index in [1.165, 1.54) is 44.9 Å². The number of hydrogen-bond donors (Lipinski definition) is 1. The van der Waals surface area contributed by atoms with Gasteiger partial charge < -0.3 is 10.1 Å². The highest BCUT2D eigenvalue weighted by atomic mass is 16.5. The van der Waals surface area contributed by atoms with Crippen LogP contribution in [0.25, 0.3) is 0 Å². The molecule has 0 aliphatic rings. The Kier molecular flexibility index (Phi) is 15.2. The topological polar surface area (TPSA) is 50.7 Å². The molecule has 0 aromatic heterocycles. The molecule has 0 aliphatic heterocycles. The van der Waals surface area contributed by atoms with Crippen molar-refractivity contribution in [1.29, 1.82) is 0 Å². The van der Waals surface area contributed by atoms with E-state index in [2.05, 4.69) is 24.3 Å². The monoisotopic (exact) mass is 272 g/mol. The van der Waals surface area contributed by atoms with Crippen LogP contribution in [0.15, 0.2) is 5.18 Å². The predicted octanol–water partition coefficient (Wildman–Crippen LogP) is 3.75. The first-order chi connectivity index (χ1) is 9.35. The van der Waals surface area contributed by atoms with Gasteiger partial charge >= 0.3 is 0 Å². The van der Waals surface area contributed by atoms with Crippen LogP contribution < -0.4 is 5.32 Å². The molecular formula is C15H32N2O2. The molecule has 1 atom stereocenters. The summed E-state index contributed by atoms with van der Waals surface area (Å²) in [7, 11) is 0. The highest BCUT2D eigenvalue weighted by Crippen LogP contribution is 2.11. The van der Waals surface area contributed by atoms with Crippen LogP contribution in [0.3, 0.4) is 0 Å². The van der Waals surface area contributed by atoms with Crippen LogP contribution in [0.2, 0.25) is 0 Å². The third kappa shape index (κ3) is 13.7. The molecule has 0 saturated heterocycles. The van der Waals surface area contributed by atoms with Crippen molar-refractivity contribution in [3.05, 3.63) is 4.91 Å². The fraction of sp³-hybridized carbons (Fsp3) is 1.00. The van der Waals surface area contributed by atoms with Crippen molar-refractivity contribution in [3.63, 3.8) is 0 Å². The predicted molar refractivity (Wildman–Crippen MR) is 81.5 cm³/mol. The summed E-state index contributed by atoms with van der Waals surface area (Å²) in [6.07, 6.45) is 8.58. The summed E-state index contributed by atoms with van der Waals surface area (Å²) >= 11 is 0. The quantitative estimate of drug-likeness (QED) is 0.365. The van der Waals surface area contributed by atoms with Gasteiger partial charge in [0.25, 0.3) is 0 Å². The van der Waals surface area contributed by atoms with Gasteiger partial charge in [0.05, 0.1) is 6.54 Å². The van der Waals surface area contributed by atoms with Gasteiger partial charge in [0, 0.05) is 19.8 Å². The van der Waals surface area contributed by atoms with Crippen molar-refractivity contribution in [2.45, 2.75) is 58.8 Å². The van der Waals surface area contributed by atoms with Gasteiger partial charge in [-0.3, -0.25) is 0 Å². The van der Waals surface area contributed by atoms with Gasteiger partial charge in [0.2, 0.25) is 0 Å². The van der Waals surface area contributed by atoms with E-state index in [-0.39, 0.29) is 0 Å². The maximum atomic E-state index is 9.85. The first-order valence-corrected chi connectivity index (χ1v) is 7.92. The molecule has 4 heteroatoms. The lowest BCUT2D eigenvalue weighted by Gasteiger charge is -2.13. The van der Waals surface area contributed by atoms with Crippen molar-refractivity contribution in [3.8, 4) is 0 Å². The number of nitroso groups, excluding NO2 is 1. The number of nitrogens with one attached hydrogen (secondary N) is 1. The Labute approximate surface area is 118 Å². The molecule has 0 heterocycles. The van der Waals surface area contributed by atoms with E-state index in [0.717, 1.165) is 25.7 Å². The normalized spacial score (nSPS) is 12.5. The molecular weight excluding hydrogens is 240 g/mol. The second-order valence-corrected chi connectivity index (χ2v) is 5.15. The smallest absolute Gasteiger partial charge is 0.0935 e. The maximum absolute atomic E-state index is 9.85. The average molecular weight is 272 g/mol. The molecule has 0 bridgehead atoms. The third-order valence-corrected chi connectivity index (χ3v) is 3.40. The zero-order valence-electron chi connectivity index (χ0n) is 12.8. The van der Waals surface area contributed by atoms with E-state index >= 15 is 0 Å². The molecule has 1 N–H and O–H groups in total. The molecule has 114 valence electrons. The standard InChI is InChI=1S/C15H32N2O2/c1-3-9-15(4-2)14-19-13-8-6-5-7-10-16-11-12-17-18/h15-16H,3-14H2,1-2H3. The molecule has 0 aromatic rings. The van der Waals surface area contributed by atoms with E-state index in [9.17, 15) is 4.91 Å². The van der Waals surface area contributed by atoms with Crippen LogP contribution in [0, 0.1) is 10.8 Å². The van der Waals surface area contributed by atoms with Gasteiger partial charge in [-0.2, -0.15) is 4.91 Å². The minimum atomic E-state index is 0.379. The summed E-state index contributed by atoms with van der Waals surface area (Å²) < 4.78 is 5.74. The van der Waals surface area contributed by atoms with Crippen molar-refractivity contribution in [1.82, 2.24) is 5.32 Å². The van der Waals surface area contributed by atoms with E-state index in [1.54, 1.807) is 0 Å². The Balaban J connectivity index is 3.11. The number of unbranched alkanes of at least 4 members (excludes halogenated alkanes) is 3. The molecule has 0 amide bonds. The van der Waals surface area contributed by atoms with E-state index in [1.807, 2.05) is 0 Å². The highest BCUT2D eigenvalue weighted by molar-refractivity contribution is 4.55. The Morgan fingerprint density at radius 3 is 2.58 bits per heavy atom. The average Bonchev–Trinajstić information content (AvgIpc) is 2.43. The molecule has 4 nitrogen and oxygen atoms in total. The van der Waals surface area contributed by atoms with Crippen molar-refractivity contribution in [2.75, 3.05) is 32.8 Å². The second-order valence-electron chi connectivity index (χ2n) is 5.15. The molecule has 1 unspecified atom stereocenters. The Hall–Kier alpha value is -0.480. The molecule has 0 radical (unpaired) electrons. The number of rotatable bonds is 15. The Morgan fingerprint density at radius 1 is 1.11 bits per heavy atom. The lowest BCUT2D eigenvalue weighted by atomic mass is 10.0. The van der Waals surface area contributed by atoms with E-state index in [0.29, 0.717) is 13.1 Å². The van der Waals surface area contributed by atoms with Crippen molar-refractivity contribution >= 4 is 0 Å². The minimum absolute atomic E-state index is 0.379. The third-order valence-electron chi connectivity index (χ3n) is 3.40. The second kappa shape index (κ2) is 15.6. The summed E-state index contributed by atoms with van der Waals surface area (Å²) in [6.45, 7) is 8.41. The summed E-state index contributed by atoms with van der Waals surface area (Å²) in [4.78, 5) is 9.85. The molecule has 0 saturated carbocycles. The van der Waals surface area contributed by atoms with Gasteiger partial charge in [-0.25, -0.2) is 0 Å². The van der Waals surface area contributed by atoms with Crippen LogP contribution in [0.5, 0.6) is 0 Å². The molecule has 0 aromatic carbocycles. The lowest BCUT2D eigenvalue weighted by molar-refractivity contribution is 0.0913. The van der Waals surface area contributed by atoms with Crippen LogP contribution in [0.4, 0.5) is 0 Å². The first-order valence-electron chi connectivity index (χ1n) is 7.92. The van der Waals surface area contributed by atoms with Gasteiger partial charge in [-0.1, -0.05) is 44.7 Å². The highest BCUT2D eigenvalue weighted by Gasteiger charge is 2.04. The summed E-state index contributed by atoms with van der Waals surface area (Å²) in [5.74, 6) is 0.751. The fourth-order valence-electron chi connectivity index (χ4n) is 2.12. The Morgan fingerprint density at radius 2 is 1.89 bits per heavy atom. The van der Waals surface area contributed by atoms with Crippen LogP contribution in [0.1, 0.15) is 58.8 Å². The lowest BCUT2D eigenvalue weighted by Crippen LogP contribution is -2.18. The SMILES string of the molecule is CCCC(CC)COCCCCCCNCCN=O. The Bertz CT molecular complexity index is 189. The van der Waals surface area contributed by atoms with Gasteiger partial charge in [-0.15, -0.1) is 0 Å². The van der Waals surface area contributed by atoms with E-state index in [4.69, 9.17) is 4.74 Å². The van der Waals surface area contributed by atoms with Crippen LogP contribution >= 0.6 is 0 Å². The van der Waals surface area contributed by atoms with Crippen LogP contribution in [-0.2, 0) is 4.74 Å².